The molecule has 0 radical (unpaired) electrons. The zero-order valence-electron chi connectivity index (χ0n) is 15.7. The lowest BCUT2D eigenvalue weighted by atomic mass is 10.1. The Kier molecular flexibility index (Phi) is 4.73. The molecule has 2 heterocycles. The van der Waals surface area contributed by atoms with Crippen LogP contribution in [0.5, 0.6) is 5.75 Å². The van der Waals surface area contributed by atoms with E-state index in [1.54, 1.807) is 43.1 Å². The lowest BCUT2D eigenvalue weighted by molar-refractivity contribution is 0.0997. The van der Waals surface area contributed by atoms with Crippen LogP contribution in [-0.4, -0.2) is 33.7 Å². The lowest BCUT2D eigenvalue weighted by Gasteiger charge is -2.03. The summed E-state index contributed by atoms with van der Waals surface area (Å²) < 4.78 is 7.58. The van der Waals surface area contributed by atoms with E-state index < -0.39 is 5.91 Å². The van der Waals surface area contributed by atoms with Crippen molar-refractivity contribution < 1.29 is 14.3 Å². The smallest absolute Gasteiger partial charge is 0.277 e. The van der Waals surface area contributed by atoms with Crippen LogP contribution in [-0.2, 0) is 7.05 Å². The number of amides is 2. The van der Waals surface area contributed by atoms with E-state index in [2.05, 4.69) is 15.4 Å². The largest absolute Gasteiger partial charge is 0.497 e. The van der Waals surface area contributed by atoms with E-state index in [9.17, 15) is 9.59 Å². The number of rotatable bonds is 5. The average molecular weight is 407 g/mol. The molecule has 2 aromatic heterocycles. The summed E-state index contributed by atoms with van der Waals surface area (Å²) >= 11 is 1.26. The quantitative estimate of drug-likeness (QED) is 0.528. The number of ether oxygens (including phenoxy) is 1. The summed E-state index contributed by atoms with van der Waals surface area (Å²) in [6, 6.07) is 14.2. The minimum atomic E-state index is -0.509. The van der Waals surface area contributed by atoms with Crippen LogP contribution in [0.15, 0.2) is 48.5 Å². The van der Waals surface area contributed by atoms with Gasteiger partial charge in [-0.2, -0.15) is 5.10 Å². The van der Waals surface area contributed by atoms with Gasteiger partial charge in [0.1, 0.15) is 5.75 Å². The van der Waals surface area contributed by atoms with Crippen molar-refractivity contribution in [3.05, 3.63) is 59.8 Å². The van der Waals surface area contributed by atoms with Crippen LogP contribution in [0.2, 0.25) is 0 Å². The maximum atomic E-state index is 12.6. The lowest BCUT2D eigenvalue weighted by Crippen LogP contribution is -2.12. The van der Waals surface area contributed by atoms with Gasteiger partial charge in [0.25, 0.3) is 5.91 Å². The van der Waals surface area contributed by atoms with Crippen LogP contribution in [0, 0.1) is 0 Å². The molecular formula is C20H17N5O3S. The highest BCUT2D eigenvalue weighted by molar-refractivity contribution is 7.22. The van der Waals surface area contributed by atoms with E-state index in [1.165, 1.54) is 11.3 Å². The van der Waals surface area contributed by atoms with Crippen LogP contribution < -0.4 is 15.8 Å². The molecule has 0 aliphatic rings. The number of nitrogens with zero attached hydrogens (tertiary/aromatic N) is 3. The number of hydrogen-bond donors (Lipinski definition) is 2. The summed E-state index contributed by atoms with van der Waals surface area (Å²) in [7, 11) is 3.39. The molecule has 4 aromatic rings. The predicted octanol–water partition coefficient (Wildman–Crippen LogP) is 3.06. The summed E-state index contributed by atoms with van der Waals surface area (Å²) in [5, 5.41) is 7.49. The van der Waals surface area contributed by atoms with Gasteiger partial charge in [-0.25, -0.2) is 4.98 Å². The molecule has 0 aliphatic carbocycles. The molecule has 8 nitrogen and oxygen atoms in total. The number of methoxy groups -OCH3 is 1. The zero-order chi connectivity index (χ0) is 20.5. The molecule has 0 bridgehead atoms. The van der Waals surface area contributed by atoms with Gasteiger partial charge in [-0.15, -0.1) is 0 Å². The summed E-state index contributed by atoms with van der Waals surface area (Å²) in [6.07, 6.45) is 0. The SMILES string of the molecule is COc1ccc(-c2cc(C(=O)Nc3nc4ccc(C(N)=O)cc4s3)nn2C)cc1. The van der Waals surface area contributed by atoms with Gasteiger partial charge in [0.05, 0.1) is 23.0 Å². The number of nitrogens with one attached hydrogen (secondary N) is 1. The minimum Gasteiger partial charge on any atom is -0.497 e. The molecule has 0 saturated heterocycles. The molecule has 0 unspecified atom stereocenters. The molecule has 4 rings (SSSR count). The molecule has 0 aliphatic heterocycles. The Morgan fingerprint density at radius 1 is 1.14 bits per heavy atom. The molecule has 146 valence electrons. The Bertz CT molecular complexity index is 1230. The molecule has 3 N–H and O–H groups in total. The van der Waals surface area contributed by atoms with Crippen LogP contribution in [0.4, 0.5) is 5.13 Å². The van der Waals surface area contributed by atoms with Gasteiger partial charge in [-0.1, -0.05) is 11.3 Å². The first-order valence-electron chi connectivity index (χ1n) is 8.65. The van der Waals surface area contributed by atoms with Gasteiger partial charge in [0, 0.05) is 18.2 Å². The third-order valence-corrected chi connectivity index (χ3v) is 5.33. The van der Waals surface area contributed by atoms with E-state index in [1.807, 2.05) is 24.3 Å². The second-order valence-corrected chi connectivity index (χ2v) is 7.32. The number of aryl methyl sites for hydroxylation is 1. The monoisotopic (exact) mass is 407 g/mol. The highest BCUT2D eigenvalue weighted by Gasteiger charge is 2.16. The number of carbonyl (C=O) groups excluding carboxylic acids is 2. The Morgan fingerprint density at radius 2 is 1.90 bits per heavy atom. The maximum absolute atomic E-state index is 12.6. The first-order chi connectivity index (χ1) is 13.9. The Hall–Kier alpha value is -3.72. The fourth-order valence-corrected chi connectivity index (χ4v) is 3.80. The summed E-state index contributed by atoms with van der Waals surface area (Å²) in [5.41, 5.74) is 8.37. The second kappa shape index (κ2) is 7.36. The van der Waals surface area contributed by atoms with Gasteiger partial charge in [0.15, 0.2) is 10.8 Å². The molecule has 0 fully saturated rings. The van der Waals surface area contributed by atoms with E-state index in [4.69, 9.17) is 10.5 Å². The Labute approximate surface area is 169 Å². The van der Waals surface area contributed by atoms with Gasteiger partial charge in [0.2, 0.25) is 5.91 Å². The van der Waals surface area contributed by atoms with Crippen molar-refractivity contribution in [1.82, 2.24) is 14.8 Å². The number of fused-ring (bicyclic) bond motifs is 1. The third kappa shape index (κ3) is 3.67. The number of thiazole rings is 1. The standard InChI is InChI=1S/C20H17N5O3S/c1-25-16(11-3-6-13(28-2)7-4-11)10-15(24-25)19(27)23-20-22-14-8-5-12(18(21)26)9-17(14)29-20/h3-10H,1-2H3,(H2,21,26)(H,22,23,27). The van der Waals surface area contributed by atoms with Gasteiger partial charge < -0.3 is 10.5 Å². The fraction of sp³-hybridized carbons (Fsp3) is 0.100. The van der Waals surface area contributed by atoms with E-state index in [0.717, 1.165) is 21.7 Å². The molecule has 29 heavy (non-hydrogen) atoms. The van der Waals surface area contributed by atoms with Gasteiger partial charge in [-0.3, -0.25) is 19.6 Å². The number of aromatic nitrogens is 3. The van der Waals surface area contributed by atoms with Crippen molar-refractivity contribution in [1.29, 1.82) is 0 Å². The van der Waals surface area contributed by atoms with Crippen LogP contribution in [0.25, 0.3) is 21.5 Å². The first-order valence-corrected chi connectivity index (χ1v) is 9.46. The van der Waals surface area contributed by atoms with Crippen molar-refractivity contribution in [2.24, 2.45) is 12.8 Å². The second-order valence-electron chi connectivity index (χ2n) is 6.29. The molecule has 0 spiro atoms. The number of hydrogen-bond acceptors (Lipinski definition) is 6. The maximum Gasteiger partial charge on any atom is 0.277 e. The predicted molar refractivity (Wildman–Crippen MR) is 111 cm³/mol. The van der Waals surface area contributed by atoms with Crippen molar-refractivity contribution in [2.45, 2.75) is 0 Å². The Balaban J connectivity index is 1.57. The van der Waals surface area contributed by atoms with Crippen LogP contribution >= 0.6 is 11.3 Å². The van der Waals surface area contributed by atoms with Gasteiger partial charge in [-0.05, 0) is 48.5 Å². The van der Waals surface area contributed by atoms with Gasteiger partial charge >= 0.3 is 0 Å². The number of primary amides is 1. The fourth-order valence-electron chi connectivity index (χ4n) is 2.90. The van der Waals surface area contributed by atoms with E-state index >= 15 is 0 Å². The average Bonchev–Trinajstić information content (AvgIpc) is 3.30. The van der Waals surface area contributed by atoms with Crippen LogP contribution in [0.1, 0.15) is 20.8 Å². The molecule has 9 heteroatoms. The summed E-state index contributed by atoms with van der Waals surface area (Å²) in [6.45, 7) is 0. The number of carbonyl (C=O) groups is 2. The highest BCUT2D eigenvalue weighted by Crippen LogP contribution is 2.28. The van der Waals surface area contributed by atoms with E-state index in [0.29, 0.717) is 16.2 Å². The van der Waals surface area contributed by atoms with Crippen molar-refractivity contribution >= 4 is 38.5 Å². The molecule has 0 saturated carbocycles. The highest BCUT2D eigenvalue weighted by atomic mass is 32.1. The molecule has 2 aromatic carbocycles. The molecule has 2 amide bonds. The summed E-state index contributed by atoms with van der Waals surface area (Å²) in [5.74, 6) is -0.121. The zero-order valence-corrected chi connectivity index (χ0v) is 16.5. The first kappa shape index (κ1) is 18.6. The van der Waals surface area contributed by atoms with Crippen molar-refractivity contribution in [3.63, 3.8) is 0 Å². The van der Waals surface area contributed by atoms with E-state index in [-0.39, 0.29) is 11.6 Å². The normalized spacial score (nSPS) is 10.8. The number of benzene rings is 2. The molecular weight excluding hydrogens is 390 g/mol. The van der Waals surface area contributed by atoms with Crippen molar-refractivity contribution in [3.8, 4) is 17.0 Å². The Morgan fingerprint density at radius 3 is 2.59 bits per heavy atom. The van der Waals surface area contributed by atoms with Crippen molar-refractivity contribution in [2.75, 3.05) is 12.4 Å². The number of nitrogens with two attached hydrogens (primary N) is 1. The molecule has 0 atom stereocenters. The van der Waals surface area contributed by atoms with Crippen LogP contribution in [0.3, 0.4) is 0 Å². The number of anilines is 1. The minimum absolute atomic E-state index is 0.274. The third-order valence-electron chi connectivity index (χ3n) is 4.39. The summed E-state index contributed by atoms with van der Waals surface area (Å²) in [4.78, 5) is 28.3. The topological polar surface area (TPSA) is 112 Å².